The van der Waals surface area contributed by atoms with Crippen LogP contribution >= 0.6 is 12.2 Å². The number of carbonyl (C=O) groups is 2. The lowest BCUT2D eigenvalue weighted by Gasteiger charge is -2.14. The third kappa shape index (κ3) is 7.46. The first kappa shape index (κ1) is 23.3. The van der Waals surface area contributed by atoms with Crippen LogP contribution in [0.15, 0.2) is 48.5 Å². The zero-order valence-corrected chi connectivity index (χ0v) is 17.9. The van der Waals surface area contributed by atoms with Gasteiger partial charge in [-0.1, -0.05) is 32.0 Å². The molecular weight excluding hydrogens is 402 g/mol. The van der Waals surface area contributed by atoms with Crippen molar-refractivity contribution in [3.8, 4) is 5.75 Å². The molecule has 0 unspecified atom stereocenters. The molecule has 0 atom stereocenters. The first-order valence-corrected chi connectivity index (χ1v) is 10.1. The standard InChI is InChI=1S/C22H27N3O4S/c1-15(2)10-13-29-17-7-5-6-16(14-17)20(27)25-22(30)24-19-9-4-3-8-18(19)21(28)23-11-12-26/h3-9,14-15,26H,10-13H2,1-2H3,(H,23,28)(H2,24,25,27,30). The number of benzene rings is 2. The van der Waals surface area contributed by atoms with Gasteiger partial charge in [-0.3, -0.25) is 14.9 Å². The van der Waals surface area contributed by atoms with Crippen molar-refractivity contribution in [2.24, 2.45) is 5.92 Å². The molecule has 30 heavy (non-hydrogen) atoms. The van der Waals surface area contributed by atoms with Crippen molar-refractivity contribution in [1.29, 1.82) is 0 Å². The predicted octanol–water partition coefficient (Wildman–Crippen LogP) is 2.96. The summed E-state index contributed by atoms with van der Waals surface area (Å²) in [7, 11) is 0. The highest BCUT2D eigenvalue weighted by Gasteiger charge is 2.13. The molecule has 0 saturated carbocycles. The van der Waals surface area contributed by atoms with E-state index in [1.165, 1.54) is 0 Å². The molecular formula is C22H27N3O4S. The largest absolute Gasteiger partial charge is 0.494 e. The molecule has 0 aromatic heterocycles. The maximum absolute atomic E-state index is 12.5. The predicted molar refractivity (Wildman–Crippen MR) is 121 cm³/mol. The highest BCUT2D eigenvalue weighted by Crippen LogP contribution is 2.16. The number of hydrogen-bond donors (Lipinski definition) is 4. The number of thiocarbonyl (C=S) groups is 1. The molecule has 2 aromatic carbocycles. The Morgan fingerprint density at radius 2 is 1.87 bits per heavy atom. The van der Waals surface area contributed by atoms with Crippen molar-refractivity contribution in [3.63, 3.8) is 0 Å². The van der Waals surface area contributed by atoms with Gasteiger partial charge in [0, 0.05) is 12.1 Å². The molecule has 8 heteroatoms. The molecule has 2 amide bonds. The molecule has 7 nitrogen and oxygen atoms in total. The van der Waals surface area contributed by atoms with Crippen molar-refractivity contribution in [1.82, 2.24) is 10.6 Å². The summed E-state index contributed by atoms with van der Waals surface area (Å²) in [5.74, 6) is 0.415. The van der Waals surface area contributed by atoms with Gasteiger partial charge in [-0.2, -0.15) is 0 Å². The second-order valence-corrected chi connectivity index (χ2v) is 7.40. The Labute approximate surface area is 181 Å². The van der Waals surface area contributed by atoms with Gasteiger partial charge in [-0.05, 0) is 54.9 Å². The topological polar surface area (TPSA) is 99.7 Å². The molecule has 0 spiro atoms. The second-order valence-electron chi connectivity index (χ2n) is 6.99. The molecule has 0 aliphatic heterocycles. The van der Waals surface area contributed by atoms with Crippen LogP contribution in [0.1, 0.15) is 41.0 Å². The molecule has 0 heterocycles. The first-order valence-electron chi connectivity index (χ1n) is 9.74. The summed E-state index contributed by atoms with van der Waals surface area (Å²) in [4.78, 5) is 24.7. The highest BCUT2D eigenvalue weighted by molar-refractivity contribution is 7.80. The van der Waals surface area contributed by atoms with E-state index in [0.717, 1.165) is 6.42 Å². The maximum Gasteiger partial charge on any atom is 0.257 e. The summed E-state index contributed by atoms with van der Waals surface area (Å²) in [5.41, 5.74) is 1.21. The van der Waals surface area contributed by atoms with Crippen LogP contribution in [0, 0.1) is 5.92 Å². The summed E-state index contributed by atoms with van der Waals surface area (Å²) >= 11 is 5.23. The fourth-order valence-corrected chi connectivity index (χ4v) is 2.73. The number of hydrogen-bond acceptors (Lipinski definition) is 5. The van der Waals surface area contributed by atoms with Crippen LogP contribution in [0.5, 0.6) is 5.75 Å². The lowest BCUT2D eigenvalue weighted by Crippen LogP contribution is -2.35. The Kier molecular flexibility index (Phi) is 9.24. The molecule has 2 aromatic rings. The molecule has 0 aliphatic rings. The van der Waals surface area contributed by atoms with Gasteiger partial charge in [-0.15, -0.1) is 0 Å². The van der Waals surface area contributed by atoms with Gasteiger partial charge in [0.2, 0.25) is 0 Å². The Morgan fingerprint density at radius 3 is 2.60 bits per heavy atom. The molecule has 0 saturated heterocycles. The summed E-state index contributed by atoms with van der Waals surface area (Å²) in [6, 6.07) is 13.6. The molecule has 0 bridgehead atoms. The number of aliphatic hydroxyl groups is 1. The van der Waals surface area contributed by atoms with Gasteiger partial charge < -0.3 is 20.5 Å². The van der Waals surface area contributed by atoms with E-state index in [9.17, 15) is 9.59 Å². The summed E-state index contributed by atoms with van der Waals surface area (Å²) in [6.45, 7) is 4.81. The SMILES string of the molecule is CC(C)CCOc1cccc(C(=O)NC(=S)Nc2ccccc2C(=O)NCCO)c1. The fourth-order valence-electron chi connectivity index (χ4n) is 2.52. The quantitative estimate of drug-likeness (QED) is 0.458. The van der Waals surface area contributed by atoms with E-state index in [1.54, 1.807) is 48.5 Å². The van der Waals surface area contributed by atoms with E-state index in [4.69, 9.17) is 22.1 Å². The van der Waals surface area contributed by atoms with E-state index in [2.05, 4.69) is 29.8 Å². The van der Waals surface area contributed by atoms with Crippen molar-refractivity contribution >= 4 is 34.8 Å². The lowest BCUT2D eigenvalue weighted by molar-refractivity contribution is 0.0944. The molecule has 0 fully saturated rings. The van der Waals surface area contributed by atoms with Gasteiger partial charge in [0.05, 0.1) is 24.5 Å². The summed E-state index contributed by atoms with van der Waals surface area (Å²) in [5, 5.41) is 17.0. The number of amides is 2. The molecule has 4 N–H and O–H groups in total. The van der Waals surface area contributed by atoms with Crippen molar-refractivity contribution in [2.75, 3.05) is 25.1 Å². The Bertz CT molecular complexity index is 886. The minimum Gasteiger partial charge on any atom is -0.494 e. The number of para-hydroxylation sites is 1. The third-order valence-electron chi connectivity index (χ3n) is 4.10. The fraction of sp³-hybridized carbons (Fsp3) is 0.318. The van der Waals surface area contributed by atoms with Gasteiger partial charge in [-0.25, -0.2) is 0 Å². The van der Waals surface area contributed by atoms with Crippen LogP contribution in [-0.2, 0) is 0 Å². The zero-order valence-electron chi connectivity index (χ0n) is 17.1. The lowest BCUT2D eigenvalue weighted by atomic mass is 10.1. The molecule has 160 valence electrons. The number of ether oxygens (including phenoxy) is 1. The Balaban J connectivity index is 1.99. The molecule has 2 rings (SSSR count). The van der Waals surface area contributed by atoms with E-state index >= 15 is 0 Å². The number of aliphatic hydroxyl groups excluding tert-OH is 1. The normalized spacial score (nSPS) is 10.4. The minimum absolute atomic E-state index is 0.0635. The summed E-state index contributed by atoms with van der Waals surface area (Å²) in [6.07, 6.45) is 0.926. The second kappa shape index (κ2) is 11.9. The number of rotatable bonds is 9. The van der Waals surface area contributed by atoms with E-state index in [0.29, 0.717) is 35.1 Å². The zero-order chi connectivity index (χ0) is 21.9. The number of nitrogens with one attached hydrogen (secondary N) is 3. The highest BCUT2D eigenvalue weighted by atomic mass is 32.1. The molecule has 0 radical (unpaired) electrons. The van der Waals surface area contributed by atoms with Gasteiger partial charge >= 0.3 is 0 Å². The van der Waals surface area contributed by atoms with Crippen LogP contribution in [-0.4, -0.2) is 41.8 Å². The van der Waals surface area contributed by atoms with Crippen LogP contribution < -0.4 is 20.7 Å². The third-order valence-corrected chi connectivity index (χ3v) is 4.31. The van der Waals surface area contributed by atoms with Crippen LogP contribution in [0.4, 0.5) is 5.69 Å². The van der Waals surface area contributed by atoms with Crippen molar-refractivity contribution in [2.45, 2.75) is 20.3 Å². The summed E-state index contributed by atoms with van der Waals surface area (Å²) < 4.78 is 5.69. The molecule has 0 aliphatic carbocycles. The van der Waals surface area contributed by atoms with Crippen molar-refractivity contribution < 1.29 is 19.4 Å². The minimum atomic E-state index is -0.385. The van der Waals surface area contributed by atoms with Crippen LogP contribution in [0.3, 0.4) is 0 Å². The van der Waals surface area contributed by atoms with E-state index in [1.807, 2.05) is 0 Å². The smallest absolute Gasteiger partial charge is 0.257 e. The van der Waals surface area contributed by atoms with E-state index < -0.39 is 0 Å². The van der Waals surface area contributed by atoms with Gasteiger partial charge in [0.25, 0.3) is 11.8 Å². The van der Waals surface area contributed by atoms with E-state index in [-0.39, 0.29) is 30.1 Å². The van der Waals surface area contributed by atoms with Crippen LogP contribution in [0.2, 0.25) is 0 Å². The average molecular weight is 430 g/mol. The first-order chi connectivity index (χ1) is 14.4. The maximum atomic E-state index is 12.5. The number of carbonyl (C=O) groups excluding carboxylic acids is 2. The van der Waals surface area contributed by atoms with Crippen LogP contribution in [0.25, 0.3) is 0 Å². The van der Waals surface area contributed by atoms with Gasteiger partial charge in [0.15, 0.2) is 5.11 Å². The van der Waals surface area contributed by atoms with Crippen molar-refractivity contribution in [3.05, 3.63) is 59.7 Å². The number of anilines is 1. The average Bonchev–Trinajstić information content (AvgIpc) is 2.72. The van der Waals surface area contributed by atoms with Gasteiger partial charge in [0.1, 0.15) is 5.75 Å². The Hall–Kier alpha value is -2.97. The Morgan fingerprint density at radius 1 is 1.10 bits per heavy atom. The monoisotopic (exact) mass is 429 g/mol.